The predicted octanol–water partition coefficient (Wildman–Crippen LogP) is 3.73. The maximum Gasteiger partial charge on any atom is 0.288 e. The number of rotatable bonds is 7. The fourth-order valence-electron chi connectivity index (χ4n) is 2.38. The van der Waals surface area contributed by atoms with Crippen LogP contribution in [0.15, 0.2) is 41.5 Å². The topological polar surface area (TPSA) is 114 Å². The molecular weight excluding hydrogens is 384 g/mol. The fourth-order valence-corrected chi connectivity index (χ4v) is 2.56. The van der Waals surface area contributed by atoms with Crippen LogP contribution in [0.25, 0.3) is 0 Å². The number of nitro benzene ring substituents is 1. The van der Waals surface area contributed by atoms with Gasteiger partial charge < -0.3 is 5.32 Å². The largest absolute Gasteiger partial charge is 0.326 e. The van der Waals surface area contributed by atoms with Crippen LogP contribution in [0.5, 0.6) is 0 Å². The molecule has 0 unspecified atom stereocenters. The Morgan fingerprint density at radius 1 is 1.14 bits per heavy atom. The summed E-state index contributed by atoms with van der Waals surface area (Å²) in [4.78, 5) is 34.0. The van der Waals surface area contributed by atoms with Gasteiger partial charge in [-0.1, -0.05) is 35.4 Å². The Morgan fingerprint density at radius 3 is 2.54 bits per heavy atom. The summed E-state index contributed by atoms with van der Waals surface area (Å²) in [5.74, 6) is -0.727. The van der Waals surface area contributed by atoms with Crippen LogP contribution < -0.4 is 10.7 Å². The normalized spacial score (nSPS) is 10.7. The second-order valence-electron chi connectivity index (χ2n) is 6.13. The molecule has 28 heavy (non-hydrogen) atoms. The Bertz CT molecular complexity index is 944. The van der Waals surface area contributed by atoms with Crippen LogP contribution in [0.3, 0.4) is 0 Å². The van der Waals surface area contributed by atoms with E-state index in [4.69, 9.17) is 11.6 Å². The van der Waals surface area contributed by atoms with Crippen molar-refractivity contribution in [3.05, 3.63) is 68.2 Å². The molecule has 146 valence electrons. The fraction of sp³-hybridized carbons (Fsp3) is 0.211. The molecule has 0 aromatic heterocycles. The van der Waals surface area contributed by atoms with Gasteiger partial charge in [0.15, 0.2) is 0 Å². The summed E-state index contributed by atoms with van der Waals surface area (Å²) < 4.78 is 0. The number of halogens is 1. The van der Waals surface area contributed by atoms with Crippen LogP contribution in [0.2, 0.25) is 5.02 Å². The summed E-state index contributed by atoms with van der Waals surface area (Å²) in [5.41, 5.74) is 5.18. The van der Waals surface area contributed by atoms with E-state index in [1.807, 2.05) is 32.0 Å². The zero-order valence-electron chi connectivity index (χ0n) is 15.4. The van der Waals surface area contributed by atoms with Gasteiger partial charge in [-0.3, -0.25) is 19.7 Å². The number of carbonyl (C=O) groups is 2. The third-order valence-corrected chi connectivity index (χ3v) is 4.12. The molecule has 0 aliphatic heterocycles. The number of hydrogen-bond acceptors (Lipinski definition) is 5. The van der Waals surface area contributed by atoms with Gasteiger partial charge >= 0.3 is 0 Å². The lowest BCUT2D eigenvalue weighted by atomic mass is 10.1. The maximum absolute atomic E-state index is 12.0. The van der Waals surface area contributed by atoms with E-state index in [1.54, 1.807) is 0 Å². The van der Waals surface area contributed by atoms with Crippen molar-refractivity contribution >= 4 is 41.0 Å². The smallest absolute Gasteiger partial charge is 0.288 e. The number of carbonyl (C=O) groups excluding carboxylic acids is 2. The van der Waals surface area contributed by atoms with Crippen molar-refractivity contribution in [2.75, 3.05) is 5.32 Å². The quantitative estimate of drug-likeness (QED) is 0.417. The molecule has 0 aliphatic carbocycles. The van der Waals surface area contributed by atoms with E-state index in [-0.39, 0.29) is 29.5 Å². The molecule has 2 aromatic carbocycles. The molecule has 2 amide bonds. The molecule has 0 radical (unpaired) electrons. The molecule has 2 N–H and O–H groups in total. The summed E-state index contributed by atoms with van der Waals surface area (Å²) in [6, 6.07) is 9.82. The van der Waals surface area contributed by atoms with E-state index in [0.29, 0.717) is 11.3 Å². The number of hydrogen-bond donors (Lipinski definition) is 2. The van der Waals surface area contributed by atoms with E-state index in [1.165, 1.54) is 24.4 Å². The highest BCUT2D eigenvalue weighted by atomic mass is 35.5. The zero-order valence-corrected chi connectivity index (χ0v) is 16.1. The first kappa shape index (κ1) is 21.0. The number of amides is 2. The SMILES string of the molecule is Cc1ccc(NC(=O)CCC(=O)N/N=C/c2ccc(Cl)c([N+](=O)[O-])c2)c(C)c1. The molecule has 9 heteroatoms. The van der Waals surface area contributed by atoms with Crippen molar-refractivity contribution < 1.29 is 14.5 Å². The third kappa shape index (κ3) is 6.17. The predicted molar refractivity (Wildman–Crippen MR) is 108 cm³/mol. The summed E-state index contributed by atoms with van der Waals surface area (Å²) >= 11 is 5.73. The molecule has 0 heterocycles. The first-order valence-corrected chi connectivity index (χ1v) is 8.77. The van der Waals surface area contributed by atoms with Gasteiger partial charge in [-0.25, -0.2) is 5.43 Å². The highest BCUT2D eigenvalue weighted by molar-refractivity contribution is 6.32. The first-order valence-electron chi connectivity index (χ1n) is 8.39. The van der Waals surface area contributed by atoms with E-state index >= 15 is 0 Å². The summed E-state index contributed by atoms with van der Waals surface area (Å²) in [6.07, 6.45) is 1.22. The van der Waals surface area contributed by atoms with Crippen LogP contribution in [0.4, 0.5) is 11.4 Å². The minimum Gasteiger partial charge on any atom is -0.326 e. The standard InChI is InChI=1S/C19H19ClN4O4/c1-12-3-6-16(13(2)9-12)22-18(25)7-8-19(26)23-21-11-14-4-5-15(20)17(10-14)24(27)28/h3-6,9-11H,7-8H2,1-2H3,(H,22,25)(H,23,26)/b21-11+. The van der Waals surface area contributed by atoms with E-state index in [2.05, 4.69) is 15.8 Å². The van der Waals surface area contributed by atoms with Gasteiger partial charge in [0.2, 0.25) is 11.8 Å². The van der Waals surface area contributed by atoms with E-state index in [0.717, 1.165) is 11.1 Å². The van der Waals surface area contributed by atoms with Gasteiger partial charge in [0.25, 0.3) is 5.69 Å². The number of nitrogens with zero attached hydrogens (tertiary/aromatic N) is 2. The van der Waals surface area contributed by atoms with Crippen molar-refractivity contribution in [1.82, 2.24) is 5.43 Å². The van der Waals surface area contributed by atoms with Crippen LogP contribution in [-0.2, 0) is 9.59 Å². The number of benzene rings is 2. The van der Waals surface area contributed by atoms with Gasteiger partial charge in [-0.2, -0.15) is 5.10 Å². The molecule has 0 spiro atoms. The van der Waals surface area contributed by atoms with E-state index < -0.39 is 10.8 Å². The van der Waals surface area contributed by atoms with Crippen molar-refractivity contribution in [2.45, 2.75) is 26.7 Å². The summed E-state index contributed by atoms with van der Waals surface area (Å²) in [6.45, 7) is 3.86. The lowest BCUT2D eigenvalue weighted by Crippen LogP contribution is -2.20. The lowest BCUT2D eigenvalue weighted by molar-refractivity contribution is -0.384. The Morgan fingerprint density at radius 2 is 1.86 bits per heavy atom. The van der Waals surface area contributed by atoms with Gasteiger partial charge in [-0.05, 0) is 31.5 Å². The van der Waals surface area contributed by atoms with Gasteiger partial charge in [0, 0.05) is 30.2 Å². The molecule has 2 rings (SSSR count). The zero-order chi connectivity index (χ0) is 20.7. The summed E-state index contributed by atoms with van der Waals surface area (Å²) in [7, 11) is 0. The third-order valence-electron chi connectivity index (χ3n) is 3.80. The van der Waals surface area contributed by atoms with Crippen LogP contribution >= 0.6 is 11.6 Å². The molecule has 8 nitrogen and oxygen atoms in total. The molecular formula is C19H19ClN4O4. The molecule has 0 saturated heterocycles. The average molecular weight is 403 g/mol. The van der Waals surface area contributed by atoms with Crippen LogP contribution in [0, 0.1) is 24.0 Å². The second-order valence-corrected chi connectivity index (χ2v) is 6.53. The molecule has 0 aliphatic rings. The summed E-state index contributed by atoms with van der Waals surface area (Å²) in [5, 5.41) is 17.4. The van der Waals surface area contributed by atoms with Crippen molar-refractivity contribution in [2.24, 2.45) is 5.10 Å². The average Bonchev–Trinajstić information content (AvgIpc) is 2.63. The number of nitrogens with one attached hydrogen (secondary N) is 2. The highest BCUT2D eigenvalue weighted by Gasteiger charge is 2.12. The highest BCUT2D eigenvalue weighted by Crippen LogP contribution is 2.24. The van der Waals surface area contributed by atoms with Gasteiger partial charge in [-0.15, -0.1) is 0 Å². The van der Waals surface area contributed by atoms with Gasteiger partial charge in [0.05, 0.1) is 11.1 Å². The van der Waals surface area contributed by atoms with Crippen molar-refractivity contribution in [1.29, 1.82) is 0 Å². The van der Waals surface area contributed by atoms with Crippen molar-refractivity contribution in [3.63, 3.8) is 0 Å². The monoisotopic (exact) mass is 402 g/mol. The Hall–Kier alpha value is -3.26. The number of aryl methyl sites for hydroxylation is 2. The van der Waals surface area contributed by atoms with Crippen molar-refractivity contribution in [3.8, 4) is 0 Å². The van der Waals surface area contributed by atoms with Gasteiger partial charge in [0.1, 0.15) is 5.02 Å². The number of anilines is 1. The van der Waals surface area contributed by atoms with Crippen LogP contribution in [0.1, 0.15) is 29.5 Å². The number of nitro groups is 1. The van der Waals surface area contributed by atoms with E-state index in [9.17, 15) is 19.7 Å². The Balaban J connectivity index is 1.82. The molecule has 0 saturated carbocycles. The number of hydrazone groups is 1. The molecule has 0 bridgehead atoms. The Kier molecular flexibility index (Phi) is 7.22. The Labute approximate surface area is 166 Å². The first-order chi connectivity index (χ1) is 13.3. The molecule has 0 atom stereocenters. The molecule has 0 fully saturated rings. The molecule has 2 aromatic rings. The minimum atomic E-state index is -0.605. The second kappa shape index (κ2) is 9.61. The van der Waals surface area contributed by atoms with Crippen LogP contribution in [-0.4, -0.2) is 23.0 Å². The minimum absolute atomic E-state index is 0.00108. The lowest BCUT2D eigenvalue weighted by Gasteiger charge is -2.08. The maximum atomic E-state index is 12.0.